The Kier molecular flexibility index (Phi) is 3.88. The van der Waals surface area contributed by atoms with Crippen LogP contribution in [0.5, 0.6) is 0 Å². The predicted molar refractivity (Wildman–Crippen MR) is 47.3 cm³/mol. The van der Waals surface area contributed by atoms with E-state index < -0.39 is 24.2 Å². The van der Waals surface area contributed by atoms with Crippen LogP contribution in [0.1, 0.15) is 38.5 Å². The van der Waals surface area contributed by atoms with Crippen molar-refractivity contribution in [2.24, 2.45) is 5.92 Å². The molecule has 0 aromatic rings. The van der Waals surface area contributed by atoms with Gasteiger partial charge in [-0.15, -0.1) is 0 Å². The van der Waals surface area contributed by atoms with Gasteiger partial charge in [0.2, 0.25) is 5.78 Å². The molecule has 0 unspecified atom stereocenters. The molecule has 0 spiro atoms. The van der Waals surface area contributed by atoms with Crippen molar-refractivity contribution in [1.82, 2.24) is 0 Å². The molecule has 0 amide bonds. The van der Waals surface area contributed by atoms with Gasteiger partial charge in [0.05, 0.1) is 6.42 Å². The highest BCUT2D eigenvalue weighted by atomic mass is 19.4. The molecule has 2 nitrogen and oxygen atoms in total. The van der Waals surface area contributed by atoms with E-state index >= 15 is 0 Å². The largest absolute Gasteiger partial charge is 0.450 e. The molecule has 15 heavy (non-hydrogen) atoms. The first-order valence-corrected chi connectivity index (χ1v) is 5.04. The van der Waals surface area contributed by atoms with Crippen LogP contribution in [-0.2, 0) is 9.59 Å². The Morgan fingerprint density at radius 1 is 1.07 bits per heavy atom. The third-order valence-electron chi connectivity index (χ3n) is 2.71. The lowest BCUT2D eigenvalue weighted by atomic mass is 9.84. The normalized spacial score (nSPS) is 18.9. The lowest BCUT2D eigenvalue weighted by Gasteiger charge is -2.19. The maximum absolute atomic E-state index is 11.9. The van der Waals surface area contributed by atoms with E-state index in [2.05, 4.69) is 0 Å². The first kappa shape index (κ1) is 12.2. The van der Waals surface area contributed by atoms with Gasteiger partial charge in [0.15, 0.2) is 0 Å². The Morgan fingerprint density at radius 3 is 2.07 bits per heavy atom. The molecule has 5 heteroatoms. The highest BCUT2D eigenvalue weighted by Gasteiger charge is 2.40. The highest BCUT2D eigenvalue weighted by Crippen LogP contribution is 2.27. The molecular weight excluding hydrogens is 209 g/mol. The summed E-state index contributed by atoms with van der Waals surface area (Å²) in [4.78, 5) is 21.9. The van der Waals surface area contributed by atoms with Crippen LogP contribution < -0.4 is 0 Å². The van der Waals surface area contributed by atoms with Crippen LogP contribution in [0.3, 0.4) is 0 Å². The summed E-state index contributed by atoms with van der Waals surface area (Å²) in [5, 5.41) is 0. The zero-order chi connectivity index (χ0) is 11.5. The van der Waals surface area contributed by atoms with Crippen molar-refractivity contribution >= 4 is 11.6 Å². The predicted octanol–water partition coefficient (Wildman–Crippen LogP) is 2.66. The first-order valence-electron chi connectivity index (χ1n) is 5.04. The smallest absolute Gasteiger partial charge is 0.299 e. The molecule has 0 saturated heterocycles. The molecule has 1 aliphatic rings. The Bertz CT molecular complexity index is 252. The molecule has 1 rings (SSSR count). The molecule has 0 aliphatic heterocycles. The molecule has 0 aromatic carbocycles. The number of halogens is 3. The van der Waals surface area contributed by atoms with Gasteiger partial charge in [0, 0.05) is 5.92 Å². The number of hydrogen-bond donors (Lipinski definition) is 0. The summed E-state index contributed by atoms with van der Waals surface area (Å²) >= 11 is 0. The van der Waals surface area contributed by atoms with E-state index in [9.17, 15) is 22.8 Å². The lowest BCUT2D eigenvalue weighted by molar-refractivity contribution is -0.172. The van der Waals surface area contributed by atoms with Gasteiger partial charge in [-0.05, 0) is 12.8 Å². The maximum atomic E-state index is 11.9. The van der Waals surface area contributed by atoms with Crippen LogP contribution in [0.2, 0.25) is 0 Å². The minimum absolute atomic E-state index is 0.329. The molecule has 0 heterocycles. The Labute approximate surface area is 85.8 Å². The highest BCUT2D eigenvalue weighted by molar-refractivity contribution is 6.02. The average Bonchev–Trinajstić information content (AvgIpc) is 2.17. The van der Waals surface area contributed by atoms with E-state index in [-0.39, 0.29) is 5.92 Å². The summed E-state index contributed by atoms with van der Waals surface area (Å²) in [6.07, 6.45) is -1.82. The number of rotatable bonds is 3. The van der Waals surface area contributed by atoms with Gasteiger partial charge in [-0.3, -0.25) is 9.59 Å². The van der Waals surface area contributed by atoms with Gasteiger partial charge in [-0.1, -0.05) is 19.3 Å². The van der Waals surface area contributed by atoms with Crippen LogP contribution >= 0.6 is 0 Å². The van der Waals surface area contributed by atoms with E-state index in [4.69, 9.17) is 0 Å². The summed E-state index contributed by atoms with van der Waals surface area (Å²) in [5.41, 5.74) is 0. The standard InChI is InChI=1S/C10H13F3O2/c11-10(12,13)9(15)6-8(14)7-4-2-1-3-5-7/h7H,1-6H2. The molecule has 1 saturated carbocycles. The second-order valence-corrected chi connectivity index (χ2v) is 3.90. The lowest BCUT2D eigenvalue weighted by Crippen LogP contribution is -2.28. The molecule has 0 N–H and O–H groups in total. The van der Waals surface area contributed by atoms with Crippen LogP contribution in [0.25, 0.3) is 0 Å². The number of alkyl halides is 3. The van der Waals surface area contributed by atoms with Crippen molar-refractivity contribution in [2.75, 3.05) is 0 Å². The number of ketones is 2. The average molecular weight is 222 g/mol. The number of Topliss-reactive ketones (excluding diaryl/α,β-unsaturated/α-hetero) is 2. The Hall–Kier alpha value is -0.870. The topological polar surface area (TPSA) is 34.1 Å². The van der Waals surface area contributed by atoms with E-state index in [0.29, 0.717) is 12.8 Å². The molecule has 1 aliphatic carbocycles. The monoisotopic (exact) mass is 222 g/mol. The zero-order valence-electron chi connectivity index (χ0n) is 8.27. The summed E-state index contributed by atoms with van der Waals surface area (Å²) in [6, 6.07) is 0. The third-order valence-corrected chi connectivity index (χ3v) is 2.71. The summed E-state index contributed by atoms with van der Waals surface area (Å²) < 4.78 is 35.6. The molecule has 0 bridgehead atoms. The van der Waals surface area contributed by atoms with Gasteiger partial charge >= 0.3 is 6.18 Å². The second kappa shape index (κ2) is 4.77. The number of carbonyl (C=O) groups excluding carboxylic acids is 2. The SMILES string of the molecule is O=C(CC(=O)C(F)(F)F)C1CCCCC1. The molecule has 0 radical (unpaired) electrons. The fraction of sp³-hybridized carbons (Fsp3) is 0.800. The molecule has 86 valence electrons. The molecule has 0 aromatic heterocycles. The maximum Gasteiger partial charge on any atom is 0.450 e. The van der Waals surface area contributed by atoms with Gasteiger partial charge in [-0.2, -0.15) is 13.2 Å². The first-order chi connectivity index (χ1) is 6.91. The van der Waals surface area contributed by atoms with E-state index in [1.807, 2.05) is 0 Å². The second-order valence-electron chi connectivity index (χ2n) is 3.90. The van der Waals surface area contributed by atoms with Crippen molar-refractivity contribution in [1.29, 1.82) is 0 Å². The van der Waals surface area contributed by atoms with Crippen LogP contribution in [0, 0.1) is 5.92 Å². The third kappa shape index (κ3) is 3.64. The van der Waals surface area contributed by atoms with Crippen molar-refractivity contribution in [3.8, 4) is 0 Å². The van der Waals surface area contributed by atoms with Gasteiger partial charge < -0.3 is 0 Å². The van der Waals surface area contributed by atoms with Crippen molar-refractivity contribution in [3.63, 3.8) is 0 Å². The molecule has 0 atom stereocenters. The van der Waals surface area contributed by atoms with Crippen LogP contribution in [0.4, 0.5) is 13.2 Å². The van der Waals surface area contributed by atoms with Crippen molar-refractivity contribution < 1.29 is 22.8 Å². The van der Waals surface area contributed by atoms with Crippen LogP contribution in [-0.4, -0.2) is 17.7 Å². The van der Waals surface area contributed by atoms with E-state index in [1.54, 1.807) is 0 Å². The van der Waals surface area contributed by atoms with E-state index in [1.165, 1.54) is 0 Å². The fourth-order valence-electron chi connectivity index (χ4n) is 1.83. The minimum Gasteiger partial charge on any atom is -0.299 e. The van der Waals surface area contributed by atoms with E-state index in [0.717, 1.165) is 19.3 Å². The Balaban J connectivity index is 2.44. The van der Waals surface area contributed by atoms with Gasteiger partial charge in [0.1, 0.15) is 5.78 Å². The van der Waals surface area contributed by atoms with Crippen molar-refractivity contribution in [2.45, 2.75) is 44.7 Å². The quantitative estimate of drug-likeness (QED) is 0.688. The van der Waals surface area contributed by atoms with Gasteiger partial charge in [-0.25, -0.2) is 0 Å². The number of carbonyl (C=O) groups is 2. The number of hydrogen-bond acceptors (Lipinski definition) is 2. The molecular formula is C10H13F3O2. The van der Waals surface area contributed by atoms with Crippen LogP contribution in [0.15, 0.2) is 0 Å². The zero-order valence-corrected chi connectivity index (χ0v) is 8.27. The summed E-state index contributed by atoms with van der Waals surface area (Å²) in [7, 11) is 0. The summed E-state index contributed by atoms with van der Waals surface area (Å²) in [5.74, 6) is -2.79. The van der Waals surface area contributed by atoms with Gasteiger partial charge in [0.25, 0.3) is 0 Å². The Morgan fingerprint density at radius 2 is 1.60 bits per heavy atom. The molecule has 1 fully saturated rings. The minimum atomic E-state index is -4.87. The fourth-order valence-corrected chi connectivity index (χ4v) is 1.83. The van der Waals surface area contributed by atoms with Crippen molar-refractivity contribution in [3.05, 3.63) is 0 Å². The summed E-state index contributed by atoms with van der Waals surface area (Å²) in [6.45, 7) is 0.